The molecule has 2 aromatic rings. The maximum Gasteiger partial charge on any atom is 0.410 e. The number of fused-ring (bicyclic) bond motifs is 1. The molecule has 36 heavy (non-hydrogen) atoms. The van der Waals surface area contributed by atoms with Crippen LogP contribution < -0.4 is 5.48 Å². The Morgan fingerprint density at radius 1 is 1.14 bits per heavy atom. The number of ether oxygens (including phenoxy) is 1. The van der Waals surface area contributed by atoms with Crippen LogP contribution in [0.1, 0.15) is 87.6 Å². The summed E-state index contributed by atoms with van der Waals surface area (Å²) in [5.41, 5.74) is 4.33. The first-order chi connectivity index (χ1) is 17.4. The van der Waals surface area contributed by atoms with Gasteiger partial charge in [-0.2, -0.15) is 5.48 Å². The Balaban J connectivity index is 1.20. The second kappa shape index (κ2) is 12.5. The van der Waals surface area contributed by atoms with Gasteiger partial charge in [-0.15, -0.1) is 11.3 Å². The number of likely N-dealkylation sites (tertiary alicyclic amines) is 1. The van der Waals surface area contributed by atoms with Crippen molar-refractivity contribution in [2.45, 2.75) is 90.7 Å². The summed E-state index contributed by atoms with van der Waals surface area (Å²) < 4.78 is 5.59. The molecule has 0 saturated carbocycles. The summed E-state index contributed by atoms with van der Waals surface area (Å²) in [4.78, 5) is 26.1. The van der Waals surface area contributed by atoms with Gasteiger partial charge in [0.2, 0.25) is 0 Å². The van der Waals surface area contributed by atoms with Crippen molar-refractivity contribution in [2.75, 3.05) is 19.7 Å². The Morgan fingerprint density at radius 3 is 2.61 bits per heavy atom. The fraction of sp³-hybridized carbons (Fsp3) is 0.655. The summed E-state index contributed by atoms with van der Waals surface area (Å²) in [6.07, 6.45) is 13.3. The largest absolute Gasteiger partial charge is 0.445 e. The first kappa shape index (κ1) is 27.1. The number of carbonyl (C=O) groups is 1. The number of aromatic nitrogens is 1. The number of amides is 1. The molecular formula is C29H43N3O3S. The molecule has 198 valence electrons. The number of nitrogens with one attached hydrogen (secondary N) is 1. The van der Waals surface area contributed by atoms with E-state index in [1.165, 1.54) is 56.4 Å². The SMILES string of the molecule is CC(C)(C)CCCCCCCCCc1ncc(C23CN(C(=O)OCc4ccccc4)CC2CON3)s1. The lowest BCUT2D eigenvalue weighted by molar-refractivity contribution is 0.0433. The molecule has 2 aliphatic heterocycles. The summed E-state index contributed by atoms with van der Waals surface area (Å²) >= 11 is 1.77. The number of nitrogens with zero attached hydrogens (tertiary/aromatic N) is 2. The van der Waals surface area contributed by atoms with Gasteiger partial charge >= 0.3 is 6.09 Å². The number of hydrogen-bond acceptors (Lipinski definition) is 6. The first-order valence-corrected chi connectivity index (χ1v) is 14.5. The maximum absolute atomic E-state index is 12.8. The summed E-state index contributed by atoms with van der Waals surface area (Å²) in [6.45, 7) is 9.04. The highest BCUT2D eigenvalue weighted by molar-refractivity contribution is 7.11. The number of aryl methyl sites for hydroxylation is 1. The zero-order valence-corrected chi connectivity index (χ0v) is 23.1. The molecule has 2 aliphatic rings. The Kier molecular flexibility index (Phi) is 9.42. The molecule has 1 aromatic carbocycles. The highest BCUT2D eigenvalue weighted by Crippen LogP contribution is 2.43. The van der Waals surface area contributed by atoms with Crippen molar-refractivity contribution in [1.82, 2.24) is 15.4 Å². The molecule has 0 spiro atoms. The number of unbranched alkanes of at least 4 members (excludes halogenated alkanes) is 6. The molecular weight excluding hydrogens is 470 g/mol. The zero-order chi connectivity index (χ0) is 25.4. The molecule has 1 amide bonds. The van der Waals surface area contributed by atoms with Crippen LogP contribution in [0.5, 0.6) is 0 Å². The lowest BCUT2D eigenvalue weighted by atomic mass is 9.88. The van der Waals surface area contributed by atoms with Gasteiger partial charge < -0.3 is 14.5 Å². The molecule has 0 bridgehead atoms. The molecule has 2 unspecified atom stereocenters. The van der Waals surface area contributed by atoms with Gasteiger partial charge in [-0.05, 0) is 30.2 Å². The van der Waals surface area contributed by atoms with Crippen molar-refractivity contribution < 1.29 is 14.4 Å². The highest BCUT2D eigenvalue weighted by atomic mass is 32.1. The van der Waals surface area contributed by atoms with E-state index in [4.69, 9.17) is 14.6 Å². The van der Waals surface area contributed by atoms with Crippen molar-refractivity contribution in [2.24, 2.45) is 11.3 Å². The molecule has 2 atom stereocenters. The van der Waals surface area contributed by atoms with Crippen molar-refractivity contribution in [3.8, 4) is 0 Å². The third kappa shape index (κ3) is 7.30. The van der Waals surface area contributed by atoms with Crippen LogP contribution in [0.2, 0.25) is 0 Å². The minimum Gasteiger partial charge on any atom is -0.445 e. The number of hydrogen-bond donors (Lipinski definition) is 1. The van der Waals surface area contributed by atoms with Crippen molar-refractivity contribution in [3.63, 3.8) is 0 Å². The average Bonchev–Trinajstić information content (AvgIpc) is 3.56. The van der Waals surface area contributed by atoms with Gasteiger partial charge in [0.1, 0.15) is 12.1 Å². The van der Waals surface area contributed by atoms with Crippen LogP contribution in [0, 0.1) is 11.3 Å². The molecule has 4 rings (SSSR count). The van der Waals surface area contributed by atoms with Gasteiger partial charge in [-0.1, -0.05) is 89.6 Å². The van der Waals surface area contributed by atoms with E-state index in [0.717, 1.165) is 16.9 Å². The normalized spacial score (nSPS) is 21.6. The number of benzene rings is 1. The van der Waals surface area contributed by atoms with Crippen LogP contribution in [0.25, 0.3) is 0 Å². The van der Waals surface area contributed by atoms with Gasteiger partial charge in [0.15, 0.2) is 0 Å². The topological polar surface area (TPSA) is 63.7 Å². The predicted octanol–water partition coefficient (Wildman–Crippen LogP) is 6.85. The minimum atomic E-state index is -0.380. The summed E-state index contributed by atoms with van der Waals surface area (Å²) in [6, 6.07) is 9.81. The first-order valence-electron chi connectivity index (χ1n) is 13.7. The lowest BCUT2D eigenvalue weighted by Gasteiger charge is -2.25. The number of carbonyl (C=O) groups excluding carboxylic acids is 1. The number of hydroxylamine groups is 1. The summed E-state index contributed by atoms with van der Waals surface area (Å²) in [5.74, 6) is 0.202. The molecule has 1 aromatic heterocycles. The summed E-state index contributed by atoms with van der Waals surface area (Å²) in [5, 5.41) is 1.18. The average molecular weight is 514 g/mol. The van der Waals surface area contributed by atoms with Crippen molar-refractivity contribution in [1.29, 1.82) is 0 Å². The van der Waals surface area contributed by atoms with E-state index in [1.54, 1.807) is 11.3 Å². The molecule has 7 heteroatoms. The van der Waals surface area contributed by atoms with Gasteiger partial charge in [0, 0.05) is 30.1 Å². The quantitative estimate of drug-likeness (QED) is 0.314. The Labute approximate surface area is 220 Å². The smallest absolute Gasteiger partial charge is 0.410 e. The van der Waals surface area contributed by atoms with E-state index in [0.29, 0.717) is 31.7 Å². The van der Waals surface area contributed by atoms with Crippen LogP contribution in [-0.4, -0.2) is 35.7 Å². The second-order valence-corrected chi connectivity index (χ2v) is 12.8. The van der Waals surface area contributed by atoms with E-state index in [9.17, 15) is 4.79 Å². The minimum absolute atomic E-state index is 0.202. The Morgan fingerprint density at radius 2 is 1.86 bits per heavy atom. The zero-order valence-electron chi connectivity index (χ0n) is 22.3. The molecule has 0 aliphatic carbocycles. The third-order valence-electron chi connectivity index (χ3n) is 7.39. The standard InChI is InChI=1S/C29H43N3O3S/c1-28(2,3)17-13-8-6-4-5-7-12-16-26-30-18-25(36-26)29-22-32(19-24(29)21-35-31-29)27(33)34-20-23-14-10-9-11-15-23/h9-11,14-15,18,24,31H,4-8,12-13,16-17,19-22H2,1-3H3. The molecule has 6 nitrogen and oxygen atoms in total. The number of thiazole rings is 1. The molecule has 3 heterocycles. The molecule has 0 radical (unpaired) electrons. The van der Waals surface area contributed by atoms with Gasteiger partial charge in [-0.3, -0.25) is 0 Å². The fourth-order valence-electron chi connectivity index (χ4n) is 5.22. The van der Waals surface area contributed by atoms with Gasteiger partial charge in [0.05, 0.1) is 11.6 Å². The van der Waals surface area contributed by atoms with E-state index >= 15 is 0 Å². The molecule has 2 fully saturated rings. The predicted molar refractivity (Wildman–Crippen MR) is 145 cm³/mol. The second-order valence-electron chi connectivity index (χ2n) is 11.7. The van der Waals surface area contributed by atoms with E-state index in [-0.39, 0.29) is 17.6 Å². The third-order valence-corrected chi connectivity index (χ3v) is 8.63. The molecule has 2 saturated heterocycles. The van der Waals surface area contributed by atoms with E-state index in [1.807, 2.05) is 41.4 Å². The summed E-state index contributed by atoms with van der Waals surface area (Å²) in [7, 11) is 0. The Bertz CT molecular complexity index is 958. The molecule has 1 N–H and O–H groups in total. The van der Waals surface area contributed by atoms with Crippen LogP contribution in [0.15, 0.2) is 36.5 Å². The highest BCUT2D eigenvalue weighted by Gasteiger charge is 2.54. The Hall–Kier alpha value is -1.96. The van der Waals surface area contributed by atoms with Gasteiger partial charge in [-0.25, -0.2) is 9.78 Å². The monoisotopic (exact) mass is 513 g/mol. The van der Waals surface area contributed by atoms with Crippen LogP contribution in [0.4, 0.5) is 4.79 Å². The fourth-order valence-corrected chi connectivity index (χ4v) is 6.39. The van der Waals surface area contributed by atoms with E-state index < -0.39 is 0 Å². The van der Waals surface area contributed by atoms with Crippen LogP contribution in [0.3, 0.4) is 0 Å². The maximum atomic E-state index is 12.8. The van der Waals surface area contributed by atoms with Crippen molar-refractivity contribution >= 4 is 17.4 Å². The van der Waals surface area contributed by atoms with Gasteiger partial charge in [0.25, 0.3) is 0 Å². The number of rotatable bonds is 12. The van der Waals surface area contributed by atoms with Crippen LogP contribution >= 0.6 is 11.3 Å². The van der Waals surface area contributed by atoms with Crippen LogP contribution in [-0.2, 0) is 28.1 Å². The van der Waals surface area contributed by atoms with Crippen molar-refractivity contribution in [3.05, 3.63) is 52.0 Å². The van der Waals surface area contributed by atoms with E-state index in [2.05, 4.69) is 26.3 Å². The lowest BCUT2D eigenvalue weighted by Crippen LogP contribution is -2.43.